The van der Waals surface area contributed by atoms with Crippen LogP contribution in [-0.4, -0.2) is 11.7 Å². The number of rotatable bonds is 2. The highest BCUT2D eigenvalue weighted by molar-refractivity contribution is 9.10. The Balaban J connectivity index is 1.99. The van der Waals surface area contributed by atoms with Gasteiger partial charge in [0.25, 0.3) is 0 Å². The molecule has 2 nitrogen and oxygen atoms in total. The molecule has 1 aliphatic heterocycles. The lowest BCUT2D eigenvalue weighted by atomic mass is 9.90. The molecule has 1 aliphatic rings. The molecule has 2 unspecified atom stereocenters. The normalized spacial score (nSPS) is 18.5. The second kappa shape index (κ2) is 5.35. The molecule has 0 spiro atoms. The Morgan fingerprint density at radius 3 is 2.85 bits per heavy atom. The zero-order valence-electron chi connectivity index (χ0n) is 10.3. The number of aliphatic hydroxyl groups is 1. The summed E-state index contributed by atoms with van der Waals surface area (Å²) in [5.74, 6) is -0.156. The van der Waals surface area contributed by atoms with Crippen LogP contribution < -0.4 is 4.74 Å². The number of halogens is 3. The van der Waals surface area contributed by atoms with E-state index in [2.05, 4.69) is 15.9 Å². The van der Waals surface area contributed by atoms with Gasteiger partial charge < -0.3 is 9.84 Å². The largest absolute Gasteiger partial charge is 0.493 e. The first-order chi connectivity index (χ1) is 9.59. The maximum atomic E-state index is 14.2. The highest BCUT2D eigenvalue weighted by atomic mass is 79.9. The van der Waals surface area contributed by atoms with Crippen LogP contribution in [0.4, 0.5) is 4.39 Å². The van der Waals surface area contributed by atoms with E-state index in [1.165, 1.54) is 6.07 Å². The SMILES string of the molecule is OC(c1ccc(Br)c(Cl)c1F)C1COc2ccccc21. The number of hydrogen-bond acceptors (Lipinski definition) is 2. The van der Waals surface area contributed by atoms with E-state index in [0.717, 1.165) is 11.3 Å². The first-order valence-corrected chi connectivity index (χ1v) is 7.30. The quantitative estimate of drug-likeness (QED) is 0.805. The van der Waals surface area contributed by atoms with Crippen molar-refractivity contribution in [2.24, 2.45) is 0 Å². The lowest BCUT2D eigenvalue weighted by Crippen LogP contribution is -2.14. The minimum absolute atomic E-state index is 0.0197. The third kappa shape index (κ3) is 2.22. The molecule has 2 atom stereocenters. The van der Waals surface area contributed by atoms with Crippen molar-refractivity contribution in [3.05, 3.63) is 62.8 Å². The topological polar surface area (TPSA) is 29.5 Å². The highest BCUT2D eigenvalue weighted by Gasteiger charge is 2.33. The molecular formula is C15H11BrClFO2. The molecule has 0 fully saturated rings. The Morgan fingerprint density at radius 1 is 1.30 bits per heavy atom. The number of aliphatic hydroxyl groups excluding tert-OH is 1. The average molecular weight is 358 g/mol. The molecule has 0 aromatic heterocycles. The van der Waals surface area contributed by atoms with Crippen molar-refractivity contribution in [1.29, 1.82) is 0 Å². The van der Waals surface area contributed by atoms with Gasteiger partial charge in [0, 0.05) is 15.6 Å². The molecule has 1 heterocycles. The van der Waals surface area contributed by atoms with Crippen molar-refractivity contribution in [2.45, 2.75) is 12.0 Å². The fourth-order valence-corrected chi connectivity index (χ4v) is 2.91. The van der Waals surface area contributed by atoms with Crippen molar-refractivity contribution in [3.63, 3.8) is 0 Å². The first kappa shape index (κ1) is 13.9. The van der Waals surface area contributed by atoms with Gasteiger partial charge in [-0.1, -0.05) is 35.9 Å². The van der Waals surface area contributed by atoms with Gasteiger partial charge in [-0.2, -0.15) is 0 Å². The predicted molar refractivity (Wildman–Crippen MR) is 78.7 cm³/mol. The van der Waals surface area contributed by atoms with Crippen LogP contribution in [0.1, 0.15) is 23.1 Å². The Morgan fingerprint density at radius 2 is 2.05 bits per heavy atom. The fourth-order valence-electron chi connectivity index (χ4n) is 2.43. The number of para-hydroxylation sites is 1. The number of benzene rings is 2. The molecule has 0 saturated carbocycles. The second-order valence-electron chi connectivity index (χ2n) is 4.66. The average Bonchev–Trinajstić information content (AvgIpc) is 2.88. The summed E-state index contributed by atoms with van der Waals surface area (Å²) in [6.45, 7) is 0.327. The first-order valence-electron chi connectivity index (χ1n) is 6.12. The van der Waals surface area contributed by atoms with E-state index in [4.69, 9.17) is 16.3 Å². The van der Waals surface area contributed by atoms with Gasteiger partial charge in [0.15, 0.2) is 0 Å². The zero-order valence-corrected chi connectivity index (χ0v) is 12.7. The van der Waals surface area contributed by atoms with E-state index in [9.17, 15) is 9.50 Å². The van der Waals surface area contributed by atoms with Crippen LogP contribution in [0.3, 0.4) is 0 Å². The Bertz CT molecular complexity index is 662. The predicted octanol–water partition coefficient (Wildman–Crippen LogP) is 4.45. The minimum Gasteiger partial charge on any atom is -0.493 e. The maximum absolute atomic E-state index is 14.2. The molecule has 20 heavy (non-hydrogen) atoms. The summed E-state index contributed by atoms with van der Waals surface area (Å²) >= 11 is 9.03. The van der Waals surface area contributed by atoms with Gasteiger partial charge in [0.1, 0.15) is 11.6 Å². The molecular weight excluding hydrogens is 347 g/mol. The molecule has 0 bridgehead atoms. The smallest absolute Gasteiger partial charge is 0.148 e. The highest BCUT2D eigenvalue weighted by Crippen LogP contribution is 2.42. The van der Waals surface area contributed by atoms with E-state index in [0.29, 0.717) is 11.1 Å². The summed E-state index contributed by atoms with van der Waals surface area (Å²) in [5, 5.41) is 10.4. The molecule has 0 radical (unpaired) electrons. The van der Waals surface area contributed by atoms with E-state index in [-0.39, 0.29) is 16.5 Å². The van der Waals surface area contributed by atoms with Gasteiger partial charge in [-0.25, -0.2) is 4.39 Å². The van der Waals surface area contributed by atoms with Gasteiger partial charge in [-0.15, -0.1) is 0 Å². The van der Waals surface area contributed by atoms with Crippen molar-refractivity contribution in [2.75, 3.05) is 6.61 Å². The minimum atomic E-state index is -0.996. The molecule has 5 heteroatoms. The van der Waals surface area contributed by atoms with Crippen LogP contribution in [0.2, 0.25) is 5.02 Å². The number of fused-ring (bicyclic) bond motifs is 1. The van der Waals surface area contributed by atoms with Gasteiger partial charge in [0.2, 0.25) is 0 Å². The molecule has 0 saturated heterocycles. The monoisotopic (exact) mass is 356 g/mol. The van der Waals surface area contributed by atoms with E-state index < -0.39 is 11.9 Å². The standard InChI is InChI=1S/C15H11BrClFO2/c16-11-6-5-9(14(18)13(11)17)15(19)10-7-20-12-4-2-1-3-8(10)12/h1-6,10,15,19H,7H2. The lowest BCUT2D eigenvalue weighted by molar-refractivity contribution is 0.126. The van der Waals surface area contributed by atoms with Crippen LogP contribution in [0.5, 0.6) is 5.75 Å². The van der Waals surface area contributed by atoms with Gasteiger partial charge >= 0.3 is 0 Å². The van der Waals surface area contributed by atoms with Gasteiger partial charge in [-0.05, 0) is 28.1 Å². The molecule has 104 valence electrons. The molecule has 0 aliphatic carbocycles. The van der Waals surface area contributed by atoms with E-state index in [1.54, 1.807) is 6.07 Å². The summed E-state index contributed by atoms with van der Waals surface area (Å²) < 4.78 is 20.2. The van der Waals surface area contributed by atoms with Crippen molar-refractivity contribution in [1.82, 2.24) is 0 Å². The van der Waals surface area contributed by atoms with Crippen LogP contribution in [-0.2, 0) is 0 Å². The third-order valence-corrected chi connectivity index (χ3v) is 4.76. The fraction of sp³-hybridized carbons (Fsp3) is 0.200. The van der Waals surface area contributed by atoms with Crippen molar-refractivity contribution >= 4 is 27.5 Å². The lowest BCUT2D eigenvalue weighted by Gasteiger charge is -2.19. The Labute approximate surface area is 129 Å². The number of ether oxygens (including phenoxy) is 1. The Hall–Kier alpha value is -1.10. The summed E-state index contributed by atoms with van der Waals surface area (Å²) in [4.78, 5) is 0. The number of hydrogen-bond donors (Lipinski definition) is 1. The summed E-state index contributed by atoms with van der Waals surface area (Å²) in [6.07, 6.45) is -0.996. The van der Waals surface area contributed by atoms with E-state index >= 15 is 0 Å². The van der Waals surface area contributed by atoms with Gasteiger partial charge in [0.05, 0.1) is 23.7 Å². The molecule has 0 amide bonds. The van der Waals surface area contributed by atoms with Crippen LogP contribution in [0, 0.1) is 5.82 Å². The molecule has 2 aromatic rings. The zero-order chi connectivity index (χ0) is 14.3. The Kier molecular flexibility index (Phi) is 3.71. The van der Waals surface area contributed by atoms with Crippen LogP contribution in [0.15, 0.2) is 40.9 Å². The van der Waals surface area contributed by atoms with E-state index in [1.807, 2.05) is 24.3 Å². The van der Waals surface area contributed by atoms with Crippen molar-refractivity contribution in [3.8, 4) is 5.75 Å². The summed E-state index contributed by atoms with van der Waals surface area (Å²) in [6, 6.07) is 10.6. The summed E-state index contributed by atoms with van der Waals surface area (Å²) in [5.41, 5.74) is 1.07. The third-order valence-electron chi connectivity index (χ3n) is 3.50. The second-order valence-corrected chi connectivity index (χ2v) is 5.90. The molecule has 1 N–H and O–H groups in total. The molecule has 3 rings (SSSR count). The maximum Gasteiger partial charge on any atom is 0.148 e. The van der Waals surface area contributed by atoms with Crippen LogP contribution >= 0.6 is 27.5 Å². The van der Waals surface area contributed by atoms with Crippen LogP contribution in [0.25, 0.3) is 0 Å². The summed E-state index contributed by atoms with van der Waals surface area (Å²) in [7, 11) is 0. The van der Waals surface area contributed by atoms with Gasteiger partial charge in [-0.3, -0.25) is 0 Å². The molecule has 2 aromatic carbocycles. The van der Waals surface area contributed by atoms with Crippen molar-refractivity contribution < 1.29 is 14.2 Å².